The predicted molar refractivity (Wildman–Crippen MR) is 51.7 cm³/mol. The van der Waals surface area contributed by atoms with Gasteiger partial charge in [-0.05, 0) is 13.8 Å². The number of hydrogen-bond donors (Lipinski definition) is 0. The van der Waals surface area contributed by atoms with Gasteiger partial charge in [0.05, 0.1) is 6.61 Å². The summed E-state index contributed by atoms with van der Waals surface area (Å²) in [5.74, 6) is 0. The highest BCUT2D eigenvalue weighted by molar-refractivity contribution is 6.62. The van der Waals surface area contributed by atoms with E-state index in [0.717, 1.165) is 0 Å². The fourth-order valence-electron chi connectivity index (χ4n) is 1.14. The highest BCUT2D eigenvalue weighted by Crippen LogP contribution is 2.25. The van der Waals surface area contributed by atoms with Crippen LogP contribution >= 0.6 is 0 Å². The summed E-state index contributed by atoms with van der Waals surface area (Å²) in [4.78, 5) is 0. The van der Waals surface area contributed by atoms with E-state index in [0.29, 0.717) is 19.8 Å². The van der Waals surface area contributed by atoms with E-state index in [4.69, 9.17) is 22.8 Å². The van der Waals surface area contributed by atoms with Gasteiger partial charge in [-0.25, -0.2) is 0 Å². The van der Waals surface area contributed by atoms with Gasteiger partial charge >= 0.3 is 8.80 Å². The zero-order chi connectivity index (χ0) is 10.4. The molecule has 0 amide bonds. The molecule has 1 rings (SSSR count). The van der Waals surface area contributed by atoms with Crippen molar-refractivity contribution in [3.63, 3.8) is 0 Å². The van der Waals surface area contributed by atoms with E-state index in [-0.39, 0.29) is 12.5 Å². The Labute approximate surface area is 85.6 Å². The second-order valence-electron chi connectivity index (χ2n) is 2.82. The van der Waals surface area contributed by atoms with Crippen molar-refractivity contribution in [2.45, 2.75) is 19.6 Å². The van der Waals surface area contributed by atoms with Crippen molar-refractivity contribution in [1.29, 1.82) is 0 Å². The minimum atomic E-state index is -2.62. The summed E-state index contributed by atoms with van der Waals surface area (Å²) in [5.41, 5.74) is -0.00657. The summed E-state index contributed by atoms with van der Waals surface area (Å²) in [6, 6.07) is 0. The van der Waals surface area contributed by atoms with Gasteiger partial charge in [0.15, 0.2) is 5.73 Å². The lowest BCUT2D eigenvalue weighted by Crippen LogP contribution is -2.51. The first-order chi connectivity index (χ1) is 6.79. The SMILES string of the molecule is CCOCO[Si](OC)(OCC)C1CO1. The Balaban J connectivity index is 2.40. The van der Waals surface area contributed by atoms with Crippen molar-refractivity contribution in [2.75, 3.05) is 33.7 Å². The smallest absolute Gasteiger partial charge is 0.375 e. The van der Waals surface area contributed by atoms with Gasteiger partial charge < -0.3 is 22.8 Å². The van der Waals surface area contributed by atoms with E-state index in [1.54, 1.807) is 7.11 Å². The minimum Gasteiger partial charge on any atom is -0.375 e. The van der Waals surface area contributed by atoms with E-state index < -0.39 is 8.80 Å². The van der Waals surface area contributed by atoms with Crippen molar-refractivity contribution in [3.05, 3.63) is 0 Å². The van der Waals surface area contributed by atoms with Crippen LogP contribution in [-0.4, -0.2) is 48.3 Å². The molecule has 1 aliphatic heterocycles. The van der Waals surface area contributed by atoms with Gasteiger partial charge in [0.2, 0.25) is 0 Å². The van der Waals surface area contributed by atoms with Gasteiger partial charge in [-0.15, -0.1) is 0 Å². The number of rotatable bonds is 8. The quantitative estimate of drug-likeness (QED) is 0.260. The third-order valence-corrected chi connectivity index (χ3v) is 4.81. The molecule has 0 aromatic carbocycles. The van der Waals surface area contributed by atoms with Crippen molar-refractivity contribution >= 4 is 8.80 Å². The van der Waals surface area contributed by atoms with Gasteiger partial charge in [0.25, 0.3) is 0 Å². The molecule has 5 nitrogen and oxygen atoms in total. The van der Waals surface area contributed by atoms with Gasteiger partial charge in [-0.1, -0.05) is 0 Å². The van der Waals surface area contributed by atoms with Gasteiger partial charge in [0, 0.05) is 20.3 Å². The second-order valence-corrected chi connectivity index (χ2v) is 5.65. The molecule has 0 N–H and O–H groups in total. The molecule has 0 aromatic rings. The first kappa shape index (κ1) is 12.1. The normalized spacial score (nSPS) is 24.6. The average Bonchev–Trinajstić information content (AvgIpc) is 3.00. The zero-order valence-electron chi connectivity index (χ0n) is 8.95. The average molecular weight is 222 g/mol. The number of hydrogen-bond acceptors (Lipinski definition) is 5. The van der Waals surface area contributed by atoms with Crippen molar-refractivity contribution in [3.8, 4) is 0 Å². The van der Waals surface area contributed by atoms with Crippen LogP contribution in [0.15, 0.2) is 0 Å². The molecular weight excluding hydrogens is 204 g/mol. The predicted octanol–water partition coefficient (Wildman–Crippen LogP) is 0.557. The second kappa shape index (κ2) is 5.79. The summed E-state index contributed by atoms with van der Waals surface area (Å²) in [6.07, 6.45) is 0. The summed E-state index contributed by atoms with van der Waals surface area (Å²) in [6.45, 7) is 5.86. The van der Waals surface area contributed by atoms with Crippen LogP contribution in [0.4, 0.5) is 0 Å². The van der Waals surface area contributed by atoms with Crippen LogP contribution in [0.1, 0.15) is 13.8 Å². The lowest BCUT2D eigenvalue weighted by atomic mass is 10.9. The van der Waals surface area contributed by atoms with E-state index in [1.807, 2.05) is 13.8 Å². The highest BCUT2D eigenvalue weighted by Gasteiger charge is 2.57. The monoisotopic (exact) mass is 222 g/mol. The summed E-state index contributed by atoms with van der Waals surface area (Å²) < 4.78 is 26.7. The van der Waals surface area contributed by atoms with Gasteiger partial charge in [0.1, 0.15) is 6.79 Å². The molecule has 1 fully saturated rings. The van der Waals surface area contributed by atoms with Crippen LogP contribution in [-0.2, 0) is 22.8 Å². The first-order valence-electron chi connectivity index (χ1n) is 4.81. The third kappa shape index (κ3) is 3.01. The van der Waals surface area contributed by atoms with Crippen LogP contribution in [0.3, 0.4) is 0 Å². The molecule has 0 aromatic heterocycles. The molecule has 14 heavy (non-hydrogen) atoms. The zero-order valence-corrected chi connectivity index (χ0v) is 9.95. The lowest BCUT2D eigenvalue weighted by molar-refractivity contribution is -0.0366. The Morgan fingerprint density at radius 1 is 1.29 bits per heavy atom. The Hall–Kier alpha value is 0.0169. The summed E-state index contributed by atoms with van der Waals surface area (Å²) in [7, 11) is -1.03. The fourth-order valence-corrected chi connectivity index (χ4v) is 3.25. The molecular formula is C8H18O5Si. The largest absolute Gasteiger partial charge is 0.535 e. The fraction of sp³-hybridized carbons (Fsp3) is 1.00. The van der Waals surface area contributed by atoms with Crippen LogP contribution < -0.4 is 0 Å². The highest BCUT2D eigenvalue weighted by atomic mass is 28.4. The molecule has 0 bridgehead atoms. The molecule has 6 heteroatoms. The maximum absolute atomic E-state index is 5.54. The van der Waals surface area contributed by atoms with Crippen molar-refractivity contribution in [1.82, 2.24) is 0 Å². The molecule has 1 heterocycles. The molecule has 0 aliphatic carbocycles. The topological polar surface area (TPSA) is 49.5 Å². The van der Waals surface area contributed by atoms with E-state index in [9.17, 15) is 0 Å². The van der Waals surface area contributed by atoms with Gasteiger partial charge in [-0.3, -0.25) is 0 Å². The summed E-state index contributed by atoms with van der Waals surface area (Å²) >= 11 is 0. The van der Waals surface area contributed by atoms with Crippen LogP contribution in [0.25, 0.3) is 0 Å². The molecule has 1 saturated heterocycles. The lowest BCUT2D eigenvalue weighted by Gasteiger charge is -2.25. The van der Waals surface area contributed by atoms with Crippen molar-refractivity contribution in [2.24, 2.45) is 0 Å². The van der Waals surface area contributed by atoms with Crippen molar-refractivity contribution < 1.29 is 22.8 Å². The third-order valence-electron chi connectivity index (χ3n) is 1.91. The number of epoxide rings is 1. The van der Waals surface area contributed by atoms with E-state index in [2.05, 4.69) is 0 Å². The maximum atomic E-state index is 5.54. The molecule has 2 atom stereocenters. The molecule has 0 radical (unpaired) electrons. The Morgan fingerprint density at radius 2 is 2.00 bits per heavy atom. The minimum absolute atomic E-state index is 0.00657. The van der Waals surface area contributed by atoms with E-state index >= 15 is 0 Å². The summed E-state index contributed by atoms with van der Waals surface area (Å²) in [5, 5.41) is 0. The Bertz CT molecular complexity index is 164. The Morgan fingerprint density at radius 3 is 2.43 bits per heavy atom. The Kier molecular flexibility index (Phi) is 5.00. The van der Waals surface area contributed by atoms with Gasteiger partial charge in [-0.2, -0.15) is 0 Å². The van der Waals surface area contributed by atoms with Crippen LogP contribution in [0, 0.1) is 0 Å². The number of ether oxygens (including phenoxy) is 2. The molecule has 1 aliphatic rings. The van der Waals surface area contributed by atoms with Crippen LogP contribution in [0.5, 0.6) is 0 Å². The first-order valence-corrected chi connectivity index (χ1v) is 6.61. The van der Waals surface area contributed by atoms with E-state index in [1.165, 1.54) is 0 Å². The molecule has 2 unspecified atom stereocenters. The van der Waals surface area contributed by atoms with Crippen LogP contribution in [0.2, 0.25) is 0 Å². The molecule has 0 spiro atoms. The molecule has 84 valence electrons. The maximum Gasteiger partial charge on any atom is 0.535 e. The standard InChI is InChI=1S/C8H18O5Si/c1-4-10-7-13-14(9-3,12-5-2)8-6-11-8/h8H,4-7H2,1-3H3. The molecule has 0 saturated carbocycles.